The van der Waals surface area contributed by atoms with Gasteiger partial charge in [-0.15, -0.1) is 0 Å². The molecular formula is C12H10N2O3. The number of hydrogen-bond acceptors (Lipinski definition) is 4. The molecule has 0 spiro atoms. The van der Waals surface area contributed by atoms with E-state index in [2.05, 4.69) is 9.97 Å². The Morgan fingerprint density at radius 3 is 2.94 bits per heavy atom. The number of nitrogens with zero attached hydrogens (tertiary/aromatic N) is 1. The van der Waals surface area contributed by atoms with Gasteiger partial charge < -0.3 is 14.5 Å². The third-order valence-corrected chi connectivity index (χ3v) is 2.59. The van der Waals surface area contributed by atoms with Gasteiger partial charge in [-0.05, 0) is 18.2 Å². The molecule has 1 aliphatic rings. The van der Waals surface area contributed by atoms with E-state index in [9.17, 15) is 4.79 Å². The average Bonchev–Trinajstić information content (AvgIpc) is 2.97. The minimum absolute atomic E-state index is 0.0861. The Morgan fingerprint density at radius 1 is 1.35 bits per heavy atom. The van der Waals surface area contributed by atoms with Crippen LogP contribution < -0.4 is 9.47 Å². The minimum atomic E-state index is -0.0861. The number of carbonyl (C=O) groups excluding carboxylic acids is 1. The van der Waals surface area contributed by atoms with Crippen LogP contribution in [-0.2, 0) is 0 Å². The molecule has 2 heterocycles. The maximum Gasteiger partial charge on any atom is 0.231 e. The summed E-state index contributed by atoms with van der Waals surface area (Å²) in [7, 11) is 0. The second kappa shape index (κ2) is 3.62. The summed E-state index contributed by atoms with van der Waals surface area (Å²) in [5, 5.41) is 0. The van der Waals surface area contributed by atoms with Crippen LogP contribution in [0.25, 0.3) is 11.3 Å². The number of benzene rings is 1. The average molecular weight is 230 g/mol. The lowest BCUT2D eigenvalue weighted by molar-refractivity contribution is 0.100. The first-order chi connectivity index (χ1) is 8.24. The van der Waals surface area contributed by atoms with Crippen LogP contribution in [0.15, 0.2) is 24.4 Å². The van der Waals surface area contributed by atoms with Gasteiger partial charge in [0.15, 0.2) is 23.1 Å². The van der Waals surface area contributed by atoms with Crippen LogP contribution in [0.5, 0.6) is 11.5 Å². The molecule has 17 heavy (non-hydrogen) atoms. The number of H-pyrrole nitrogens is 1. The number of aromatic amines is 1. The van der Waals surface area contributed by atoms with Crippen molar-refractivity contribution in [1.29, 1.82) is 0 Å². The lowest BCUT2D eigenvalue weighted by atomic mass is 10.1. The van der Waals surface area contributed by atoms with Crippen LogP contribution in [-0.4, -0.2) is 22.5 Å². The Balaban J connectivity index is 2.00. The third-order valence-electron chi connectivity index (χ3n) is 2.59. The van der Waals surface area contributed by atoms with E-state index in [1.54, 1.807) is 6.20 Å². The second-order valence-corrected chi connectivity index (χ2v) is 3.77. The fourth-order valence-corrected chi connectivity index (χ4v) is 1.71. The summed E-state index contributed by atoms with van der Waals surface area (Å²) >= 11 is 0. The molecule has 3 rings (SSSR count). The number of aromatic nitrogens is 2. The Morgan fingerprint density at radius 2 is 2.18 bits per heavy atom. The number of rotatable bonds is 2. The van der Waals surface area contributed by atoms with E-state index in [1.165, 1.54) is 6.92 Å². The standard InChI is InChI=1S/C12H10N2O3/c1-7(15)12-13-5-9(14-12)8-2-3-10-11(4-8)17-6-16-10/h2-5H,6H2,1H3,(H,13,14). The number of carbonyl (C=O) groups is 1. The Bertz CT molecular complexity index is 589. The van der Waals surface area contributed by atoms with Crippen LogP contribution in [0, 0.1) is 0 Å². The highest BCUT2D eigenvalue weighted by atomic mass is 16.7. The van der Waals surface area contributed by atoms with E-state index in [4.69, 9.17) is 9.47 Å². The van der Waals surface area contributed by atoms with E-state index in [0.717, 1.165) is 17.0 Å². The van der Waals surface area contributed by atoms with Crippen molar-refractivity contribution in [2.24, 2.45) is 0 Å². The van der Waals surface area contributed by atoms with E-state index in [-0.39, 0.29) is 12.6 Å². The van der Waals surface area contributed by atoms with Crippen molar-refractivity contribution in [3.63, 3.8) is 0 Å². The highest BCUT2D eigenvalue weighted by Gasteiger charge is 2.15. The van der Waals surface area contributed by atoms with Crippen molar-refractivity contribution in [2.75, 3.05) is 6.79 Å². The second-order valence-electron chi connectivity index (χ2n) is 3.77. The fraction of sp³-hybridized carbons (Fsp3) is 0.167. The SMILES string of the molecule is CC(=O)c1ncc(-c2ccc3c(c2)OCO3)[nH]1. The maximum atomic E-state index is 11.1. The molecule has 0 bridgehead atoms. The number of Topliss-reactive ketones (excluding diaryl/α,β-unsaturated/α-hetero) is 1. The first-order valence-electron chi connectivity index (χ1n) is 5.20. The Hall–Kier alpha value is -2.30. The summed E-state index contributed by atoms with van der Waals surface area (Å²) in [5.41, 5.74) is 1.70. The lowest BCUT2D eigenvalue weighted by Crippen LogP contribution is -1.94. The first kappa shape index (κ1) is 9.89. The van der Waals surface area contributed by atoms with Crippen LogP contribution in [0.1, 0.15) is 17.5 Å². The summed E-state index contributed by atoms with van der Waals surface area (Å²) in [6.45, 7) is 1.72. The van der Waals surface area contributed by atoms with E-state index >= 15 is 0 Å². The zero-order chi connectivity index (χ0) is 11.8. The molecule has 0 saturated carbocycles. The van der Waals surface area contributed by atoms with Crippen molar-refractivity contribution in [1.82, 2.24) is 9.97 Å². The quantitative estimate of drug-likeness (QED) is 0.801. The largest absolute Gasteiger partial charge is 0.454 e. The third kappa shape index (κ3) is 1.65. The molecule has 0 atom stereocenters. The van der Waals surface area contributed by atoms with Gasteiger partial charge in [-0.25, -0.2) is 4.98 Å². The topological polar surface area (TPSA) is 64.2 Å². The van der Waals surface area contributed by atoms with E-state index in [0.29, 0.717) is 11.6 Å². The molecule has 2 aromatic rings. The Labute approximate surface area is 97.4 Å². The number of hydrogen-bond donors (Lipinski definition) is 1. The molecule has 1 aromatic heterocycles. The van der Waals surface area contributed by atoms with Crippen molar-refractivity contribution < 1.29 is 14.3 Å². The summed E-state index contributed by atoms with van der Waals surface area (Å²) in [4.78, 5) is 18.1. The Kier molecular flexibility index (Phi) is 2.11. The van der Waals surface area contributed by atoms with Crippen molar-refractivity contribution >= 4 is 5.78 Å². The summed E-state index contributed by atoms with van der Waals surface area (Å²) in [5.74, 6) is 1.72. The van der Waals surface area contributed by atoms with Gasteiger partial charge in [-0.2, -0.15) is 0 Å². The number of imidazole rings is 1. The van der Waals surface area contributed by atoms with E-state index < -0.39 is 0 Å². The van der Waals surface area contributed by atoms with Crippen LogP contribution in [0.4, 0.5) is 0 Å². The van der Waals surface area contributed by atoms with Crippen molar-refractivity contribution in [3.8, 4) is 22.8 Å². The molecule has 0 radical (unpaired) electrons. The van der Waals surface area contributed by atoms with Gasteiger partial charge >= 0.3 is 0 Å². The van der Waals surface area contributed by atoms with E-state index in [1.807, 2.05) is 18.2 Å². The lowest BCUT2D eigenvalue weighted by Gasteiger charge is -1.99. The summed E-state index contributed by atoms with van der Waals surface area (Å²) in [6.07, 6.45) is 1.63. The summed E-state index contributed by atoms with van der Waals surface area (Å²) in [6, 6.07) is 5.59. The van der Waals surface area contributed by atoms with Gasteiger partial charge in [0.1, 0.15) is 0 Å². The molecule has 0 saturated heterocycles. The molecule has 0 unspecified atom stereocenters. The van der Waals surface area contributed by atoms with Gasteiger partial charge in [0.25, 0.3) is 0 Å². The van der Waals surface area contributed by atoms with Crippen molar-refractivity contribution in [3.05, 3.63) is 30.2 Å². The predicted molar refractivity (Wildman–Crippen MR) is 60.2 cm³/mol. The smallest absolute Gasteiger partial charge is 0.231 e. The van der Waals surface area contributed by atoms with Gasteiger partial charge in [-0.3, -0.25) is 4.79 Å². The zero-order valence-electron chi connectivity index (χ0n) is 9.19. The molecule has 1 aromatic carbocycles. The molecule has 5 nitrogen and oxygen atoms in total. The monoisotopic (exact) mass is 230 g/mol. The van der Waals surface area contributed by atoms with Gasteiger partial charge in [0.05, 0.1) is 11.9 Å². The van der Waals surface area contributed by atoms with Gasteiger partial charge in [0.2, 0.25) is 6.79 Å². The molecule has 0 fully saturated rings. The fourth-order valence-electron chi connectivity index (χ4n) is 1.71. The van der Waals surface area contributed by atoms with Gasteiger partial charge in [0, 0.05) is 12.5 Å². The highest BCUT2D eigenvalue weighted by Crippen LogP contribution is 2.35. The maximum absolute atomic E-state index is 11.1. The van der Waals surface area contributed by atoms with Crippen LogP contribution in [0.3, 0.4) is 0 Å². The number of nitrogens with one attached hydrogen (secondary N) is 1. The first-order valence-corrected chi connectivity index (χ1v) is 5.20. The molecule has 0 aliphatic carbocycles. The molecule has 0 amide bonds. The normalized spacial score (nSPS) is 12.8. The molecular weight excluding hydrogens is 220 g/mol. The molecule has 1 N–H and O–H groups in total. The van der Waals surface area contributed by atoms with Crippen LogP contribution >= 0.6 is 0 Å². The number of ether oxygens (including phenoxy) is 2. The minimum Gasteiger partial charge on any atom is -0.454 e. The summed E-state index contributed by atoms with van der Waals surface area (Å²) < 4.78 is 10.5. The molecule has 1 aliphatic heterocycles. The van der Waals surface area contributed by atoms with Gasteiger partial charge in [-0.1, -0.05) is 0 Å². The highest BCUT2D eigenvalue weighted by molar-refractivity contribution is 5.91. The van der Waals surface area contributed by atoms with Crippen molar-refractivity contribution in [2.45, 2.75) is 6.92 Å². The molecule has 5 heteroatoms. The predicted octanol–water partition coefficient (Wildman–Crippen LogP) is 2.01. The molecule has 86 valence electrons. The number of ketones is 1. The van der Waals surface area contributed by atoms with Crippen LogP contribution in [0.2, 0.25) is 0 Å². The number of fused-ring (bicyclic) bond motifs is 1. The zero-order valence-corrected chi connectivity index (χ0v) is 9.19.